The average Bonchev–Trinajstić information content (AvgIpc) is 2.38. The molecule has 3 N–H and O–H groups in total. The highest BCUT2D eigenvalue weighted by atomic mass is 32.2. The molecule has 0 heterocycles. The summed E-state index contributed by atoms with van der Waals surface area (Å²) in [7, 11) is -3.30. The normalized spacial score (nSPS) is 13.1. The summed E-state index contributed by atoms with van der Waals surface area (Å²) in [5, 5.41) is 0. The standard InChI is InChI=1S/C14H14F2N2O2S/c1-21(19,20)13-4-2-9(3-5-13)14(18-17)10-6-11(15)8-12(16)7-10/h2-8,14,18H,17H2,1H3. The molecule has 7 heteroatoms. The van der Waals surface area contributed by atoms with Crippen LogP contribution in [-0.2, 0) is 9.84 Å². The van der Waals surface area contributed by atoms with Gasteiger partial charge in [0.1, 0.15) is 11.6 Å². The lowest BCUT2D eigenvalue weighted by Gasteiger charge is -2.17. The minimum absolute atomic E-state index is 0.160. The summed E-state index contributed by atoms with van der Waals surface area (Å²) in [6.45, 7) is 0. The van der Waals surface area contributed by atoms with E-state index in [1.807, 2.05) is 0 Å². The monoisotopic (exact) mass is 312 g/mol. The van der Waals surface area contributed by atoms with E-state index in [1.165, 1.54) is 12.1 Å². The van der Waals surface area contributed by atoms with E-state index in [-0.39, 0.29) is 4.90 Å². The van der Waals surface area contributed by atoms with Gasteiger partial charge in [-0.05, 0) is 35.4 Å². The Bertz CT molecular complexity index is 726. The Morgan fingerprint density at radius 1 is 1.00 bits per heavy atom. The first-order valence-electron chi connectivity index (χ1n) is 6.03. The molecule has 0 aromatic heterocycles. The summed E-state index contributed by atoms with van der Waals surface area (Å²) >= 11 is 0. The van der Waals surface area contributed by atoms with Crippen molar-refractivity contribution in [2.45, 2.75) is 10.9 Å². The maximum atomic E-state index is 13.3. The molecule has 21 heavy (non-hydrogen) atoms. The number of sulfone groups is 1. The van der Waals surface area contributed by atoms with Crippen molar-refractivity contribution in [1.29, 1.82) is 0 Å². The van der Waals surface area contributed by atoms with Crippen molar-refractivity contribution >= 4 is 9.84 Å². The lowest BCUT2D eigenvalue weighted by atomic mass is 9.99. The van der Waals surface area contributed by atoms with Crippen LogP contribution in [0.25, 0.3) is 0 Å². The molecular weight excluding hydrogens is 298 g/mol. The predicted octanol–water partition coefficient (Wildman–Crippen LogP) is 1.92. The molecule has 0 bridgehead atoms. The highest BCUT2D eigenvalue weighted by Gasteiger charge is 2.15. The Hall–Kier alpha value is -1.83. The first-order valence-corrected chi connectivity index (χ1v) is 7.92. The van der Waals surface area contributed by atoms with Gasteiger partial charge in [-0.2, -0.15) is 0 Å². The number of nitrogens with two attached hydrogens (primary N) is 1. The zero-order valence-corrected chi connectivity index (χ0v) is 12.0. The predicted molar refractivity (Wildman–Crippen MR) is 75.1 cm³/mol. The van der Waals surface area contributed by atoms with Crippen molar-refractivity contribution < 1.29 is 17.2 Å². The number of benzene rings is 2. The quantitative estimate of drug-likeness (QED) is 0.668. The average molecular weight is 312 g/mol. The van der Waals surface area contributed by atoms with Crippen LogP contribution >= 0.6 is 0 Å². The van der Waals surface area contributed by atoms with Gasteiger partial charge < -0.3 is 0 Å². The van der Waals surface area contributed by atoms with Gasteiger partial charge in [-0.15, -0.1) is 0 Å². The number of hydrogen-bond acceptors (Lipinski definition) is 4. The molecule has 0 aliphatic rings. The number of hydrazine groups is 1. The molecule has 0 radical (unpaired) electrons. The van der Waals surface area contributed by atoms with Crippen molar-refractivity contribution in [2.75, 3.05) is 6.26 Å². The fourth-order valence-corrected chi connectivity index (χ4v) is 2.66. The van der Waals surface area contributed by atoms with Gasteiger partial charge in [0, 0.05) is 12.3 Å². The Morgan fingerprint density at radius 2 is 1.52 bits per heavy atom. The van der Waals surface area contributed by atoms with Gasteiger partial charge in [0.2, 0.25) is 0 Å². The topological polar surface area (TPSA) is 72.2 Å². The molecule has 2 rings (SSSR count). The van der Waals surface area contributed by atoms with Gasteiger partial charge in [-0.1, -0.05) is 12.1 Å². The summed E-state index contributed by atoms with van der Waals surface area (Å²) in [4.78, 5) is 0.160. The third kappa shape index (κ3) is 3.63. The Labute approximate surface area is 121 Å². The number of hydrogen-bond donors (Lipinski definition) is 2. The van der Waals surface area contributed by atoms with Crippen LogP contribution in [0.15, 0.2) is 47.4 Å². The van der Waals surface area contributed by atoms with E-state index in [4.69, 9.17) is 5.84 Å². The highest BCUT2D eigenvalue weighted by Crippen LogP contribution is 2.24. The molecule has 0 amide bonds. The van der Waals surface area contributed by atoms with Crippen LogP contribution in [0.3, 0.4) is 0 Å². The molecule has 0 fully saturated rings. The van der Waals surface area contributed by atoms with Gasteiger partial charge in [-0.3, -0.25) is 5.84 Å². The molecule has 2 aromatic carbocycles. The highest BCUT2D eigenvalue weighted by molar-refractivity contribution is 7.90. The first kappa shape index (κ1) is 15.6. The third-order valence-electron chi connectivity index (χ3n) is 3.03. The van der Waals surface area contributed by atoms with E-state index < -0.39 is 27.5 Å². The minimum Gasteiger partial charge on any atom is -0.271 e. The molecule has 1 unspecified atom stereocenters. The summed E-state index contributed by atoms with van der Waals surface area (Å²) in [6, 6.07) is 8.38. The Kier molecular flexibility index (Phi) is 4.36. The van der Waals surface area contributed by atoms with E-state index in [2.05, 4.69) is 5.43 Å². The van der Waals surface area contributed by atoms with Crippen LogP contribution in [0, 0.1) is 11.6 Å². The SMILES string of the molecule is CS(=O)(=O)c1ccc(C(NN)c2cc(F)cc(F)c2)cc1. The van der Waals surface area contributed by atoms with Gasteiger partial charge in [0.25, 0.3) is 0 Å². The third-order valence-corrected chi connectivity index (χ3v) is 4.15. The van der Waals surface area contributed by atoms with E-state index in [0.717, 1.165) is 24.5 Å². The second kappa shape index (κ2) is 5.88. The molecule has 0 spiro atoms. The Morgan fingerprint density at radius 3 is 1.95 bits per heavy atom. The van der Waals surface area contributed by atoms with Crippen LogP contribution in [0.5, 0.6) is 0 Å². The van der Waals surface area contributed by atoms with Crippen LogP contribution in [0.2, 0.25) is 0 Å². The number of nitrogens with one attached hydrogen (secondary N) is 1. The van der Waals surface area contributed by atoms with Crippen LogP contribution in [0.4, 0.5) is 8.78 Å². The maximum absolute atomic E-state index is 13.3. The molecule has 4 nitrogen and oxygen atoms in total. The van der Waals surface area contributed by atoms with Gasteiger partial charge >= 0.3 is 0 Å². The largest absolute Gasteiger partial charge is 0.271 e. The van der Waals surface area contributed by atoms with Crippen LogP contribution in [-0.4, -0.2) is 14.7 Å². The molecular formula is C14H14F2N2O2S. The summed E-state index contributed by atoms with van der Waals surface area (Å²) in [5.41, 5.74) is 3.36. The minimum atomic E-state index is -3.30. The van der Waals surface area contributed by atoms with Crippen molar-refractivity contribution in [2.24, 2.45) is 5.84 Å². The fourth-order valence-electron chi connectivity index (χ4n) is 2.03. The van der Waals surface area contributed by atoms with E-state index in [1.54, 1.807) is 12.1 Å². The van der Waals surface area contributed by atoms with Crippen molar-refractivity contribution in [3.63, 3.8) is 0 Å². The summed E-state index contributed by atoms with van der Waals surface area (Å²) < 4.78 is 49.4. The van der Waals surface area contributed by atoms with E-state index in [0.29, 0.717) is 11.1 Å². The van der Waals surface area contributed by atoms with E-state index in [9.17, 15) is 17.2 Å². The van der Waals surface area contributed by atoms with Crippen LogP contribution < -0.4 is 11.3 Å². The molecule has 2 aromatic rings. The van der Waals surface area contributed by atoms with Crippen molar-refractivity contribution in [1.82, 2.24) is 5.43 Å². The Balaban J connectivity index is 2.42. The number of halogens is 2. The van der Waals surface area contributed by atoms with Gasteiger partial charge in [0.05, 0.1) is 10.9 Å². The second-order valence-corrected chi connectivity index (χ2v) is 6.66. The number of rotatable bonds is 4. The molecule has 0 saturated heterocycles. The second-order valence-electron chi connectivity index (χ2n) is 4.64. The first-order chi connectivity index (χ1) is 9.81. The zero-order valence-electron chi connectivity index (χ0n) is 11.2. The lowest BCUT2D eigenvalue weighted by Crippen LogP contribution is -2.29. The molecule has 112 valence electrons. The smallest absolute Gasteiger partial charge is 0.175 e. The lowest BCUT2D eigenvalue weighted by molar-refractivity contribution is 0.566. The maximum Gasteiger partial charge on any atom is 0.175 e. The molecule has 0 aliphatic carbocycles. The van der Waals surface area contributed by atoms with Gasteiger partial charge in [-0.25, -0.2) is 22.6 Å². The van der Waals surface area contributed by atoms with E-state index >= 15 is 0 Å². The van der Waals surface area contributed by atoms with Crippen LogP contribution in [0.1, 0.15) is 17.2 Å². The molecule has 0 saturated carbocycles. The molecule has 1 atom stereocenters. The summed E-state index contributed by atoms with van der Waals surface area (Å²) in [5.74, 6) is 4.03. The van der Waals surface area contributed by atoms with Crippen molar-refractivity contribution in [3.8, 4) is 0 Å². The zero-order chi connectivity index (χ0) is 15.6. The van der Waals surface area contributed by atoms with Crippen molar-refractivity contribution in [3.05, 3.63) is 65.2 Å². The molecule has 0 aliphatic heterocycles. The fraction of sp³-hybridized carbons (Fsp3) is 0.143. The summed E-state index contributed by atoms with van der Waals surface area (Å²) in [6.07, 6.45) is 1.10. The van der Waals surface area contributed by atoms with Gasteiger partial charge in [0.15, 0.2) is 9.84 Å².